The molecule has 2 rings (SSSR count). The van der Waals surface area contributed by atoms with Gasteiger partial charge >= 0.3 is 0 Å². The Kier molecular flexibility index (Phi) is 1.70. The summed E-state index contributed by atoms with van der Waals surface area (Å²) < 4.78 is 5.09. The summed E-state index contributed by atoms with van der Waals surface area (Å²) >= 11 is 0. The van der Waals surface area contributed by atoms with Crippen molar-refractivity contribution in [3.63, 3.8) is 0 Å². The van der Waals surface area contributed by atoms with Crippen LogP contribution in [-0.4, -0.2) is 20.0 Å². The Bertz CT molecular complexity index is 320. The number of nitrogens with one attached hydrogen (secondary N) is 1. The first-order chi connectivity index (χ1) is 5.90. The smallest absolute Gasteiger partial charge is 0.119 e. The van der Waals surface area contributed by atoms with Crippen LogP contribution in [0.1, 0.15) is 5.56 Å². The third-order valence-corrected chi connectivity index (χ3v) is 1.85. The lowest BCUT2D eigenvalue weighted by molar-refractivity contribution is 0.415. The van der Waals surface area contributed by atoms with Crippen molar-refractivity contribution in [2.75, 3.05) is 19.1 Å². The predicted octanol–water partition coefficient (Wildman–Crippen LogP) is 1.50. The molecule has 0 spiro atoms. The van der Waals surface area contributed by atoms with Crippen molar-refractivity contribution >= 4 is 11.9 Å². The average Bonchev–Trinajstić information content (AvgIpc) is 2.17. The fraction of sp³-hybridized carbons (Fsp3) is 0.222. The van der Waals surface area contributed by atoms with E-state index in [9.17, 15) is 0 Å². The molecule has 1 aliphatic rings. The highest BCUT2D eigenvalue weighted by atomic mass is 16.5. The molecule has 1 aromatic carbocycles. The van der Waals surface area contributed by atoms with Crippen LogP contribution in [0.25, 0.3) is 0 Å². The second-order valence-corrected chi connectivity index (χ2v) is 2.60. The molecule has 0 aromatic heterocycles. The van der Waals surface area contributed by atoms with Gasteiger partial charge in [-0.15, -0.1) is 0 Å². The van der Waals surface area contributed by atoms with Crippen molar-refractivity contribution in [3.05, 3.63) is 23.8 Å². The third-order valence-electron chi connectivity index (χ3n) is 1.85. The van der Waals surface area contributed by atoms with Gasteiger partial charge in [-0.05, 0) is 18.2 Å². The maximum absolute atomic E-state index is 5.09. The van der Waals surface area contributed by atoms with Gasteiger partial charge in [0.25, 0.3) is 0 Å². The summed E-state index contributed by atoms with van der Waals surface area (Å²) in [5.74, 6) is 0.865. The molecule has 0 aliphatic carbocycles. The van der Waals surface area contributed by atoms with Gasteiger partial charge in [0.05, 0.1) is 7.11 Å². The molecule has 0 bridgehead atoms. The molecule has 62 valence electrons. The lowest BCUT2D eigenvalue weighted by Gasteiger charge is -2.12. The van der Waals surface area contributed by atoms with Crippen molar-refractivity contribution in [2.45, 2.75) is 0 Å². The number of nitrogens with zero attached hydrogens (tertiary/aromatic N) is 1. The van der Waals surface area contributed by atoms with E-state index < -0.39 is 0 Å². The van der Waals surface area contributed by atoms with Crippen LogP contribution in [0, 0.1) is 0 Å². The molecular formula is C9H10N2O. The molecule has 0 saturated carbocycles. The first-order valence-corrected chi connectivity index (χ1v) is 3.82. The molecule has 1 aliphatic heterocycles. The zero-order chi connectivity index (χ0) is 8.39. The summed E-state index contributed by atoms with van der Waals surface area (Å²) in [7, 11) is 1.66. The van der Waals surface area contributed by atoms with Crippen LogP contribution in [0.5, 0.6) is 5.75 Å². The van der Waals surface area contributed by atoms with Crippen LogP contribution >= 0.6 is 0 Å². The number of methoxy groups -OCH3 is 1. The van der Waals surface area contributed by atoms with Crippen LogP contribution in [0.4, 0.5) is 5.69 Å². The van der Waals surface area contributed by atoms with Crippen LogP contribution < -0.4 is 10.1 Å². The minimum atomic E-state index is 0.666. The van der Waals surface area contributed by atoms with Crippen molar-refractivity contribution in [1.29, 1.82) is 0 Å². The van der Waals surface area contributed by atoms with Crippen LogP contribution in [-0.2, 0) is 0 Å². The van der Waals surface area contributed by atoms with Crippen molar-refractivity contribution in [2.24, 2.45) is 4.99 Å². The number of benzene rings is 1. The predicted molar refractivity (Wildman–Crippen MR) is 49.1 cm³/mol. The fourth-order valence-electron chi connectivity index (χ4n) is 1.21. The summed E-state index contributed by atoms with van der Waals surface area (Å²) in [6.07, 6.45) is 1.86. The molecular weight excluding hydrogens is 152 g/mol. The Morgan fingerprint density at radius 3 is 3.25 bits per heavy atom. The third kappa shape index (κ3) is 1.13. The minimum Gasteiger partial charge on any atom is -0.497 e. The molecule has 1 N–H and O–H groups in total. The minimum absolute atomic E-state index is 0.666. The molecule has 12 heavy (non-hydrogen) atoms. The van der Waals surface area contributed by atoms with Gasteiger partial charge in [-0.25, -0.2) is 0 Å². The van der Waals surface area contributed by atoms with E-state index in [1.54, 1.807) is 7.11 Å². The Morgan fingerprint density at radius 2 is 2.42 bits per heavy atom. The highest BCUT2D eigenvalue weighted by Crippen LogP contribution is 2.21. The van der Waals surface area contributed by atoms with Gasteiger partial charge in [0.15, 0.2) is 0 Å². The highest BCUT2D eigenvalue weighted by Gasteiger charge is 2.04. The summed E-state index contributed by atoms with van der Waals surface area (Å²) in [5, 5.41) is 3.16. The van der Waals surface area contributed by atoms with E-state index in [-0.39, 0.29) is 0 Å². The number of hydrogen-bond acceptors (Lipinski definition) is 3. The van der Waals surface area contributed by atoms with Gasteiger partial charge in [0.1, 0.15) is 12.4 Å². The molecule has 0 radical (unpaired) electrons. The maximum atomic E-state index is 5.09. The summed E-state index contributed by atoms with van der Waals surface area (Å²) in [6.45, 7) is 0.666. The van der Waals surface area contributed by atoms with Crippen LogP contribution in [0.3, 0.4) is 0 Å². The van der Waals surface area contributed by atoms with E-state index in [0.29, 0.717) is 6.67 Å². The molecule has 0 saturated heterocycles. The van der Waals surface area contributed by atoms with Crippen molar-refractivity contribution < 1.29 is 4.74 Å². The van der Waals surface area contributed by atoms with Crippen molar-refractivity contribution in [3.8, 4) is 5.75 Å². The van der Waals surface area contributed by atoms with Gasteiger partial charge in [-0.1, -0.05) is 0 Å². The molecule has 1 heterocycles. The number of anilines is 1. The maximum Gasteiger partial charge on any atom is 0.119 e. The number of fused-ring (bicyclic) bond motifs is 1. The number of hydrogen-bond donors (Lipinski definition) is 1. The van der Waals surface area contributed by atoms with Gasteiger partial charge in [-0.3, -0.25) is 4.99 Å². The number of aliphatic imine (C=N–C) groups is 1. The number of ether oxygens (including phenoxy) is 1. The zero-order valence-corrected chi connectivity index (χ0v) is 6.87. The largest absolute Gasteiger partial charge is 0.497 e. The molecule has 0 atom stereocenters. The first-order valence-electron chi connectivity index (χ1n) is 3.82. The first kappa shape index (κ1) is 7.16. The monoisotopic (exact) mass is 162 g/mol. The molecule has 3 heteroatoms. The lowest BCUT2D eigenvalue weighted by atomic mass is 10.1. The Morgan fingerprint density at radius 1 is 1.50 bits per heavy atom. The standard InChI is InChI=1S/C9H10N2O/c1-12-8-2-3-9-7(4-8)5-10-6-11-9/h2-5,11H,6H2,1H3. The summed E-state index contributed by atoms with van der Waals surface area (Å²) in [5.41, 5.74) is 2.20. The highest BCUT2D eigenvalue weighted by molar-refractivity contribution is 5.89. The number of rotatable bonds is 1. The van der Waals surface area contributed by atoms with Gasteiger partial charge in [-0.2, -0.15) is 0 Å². The fourth-order valence-corrected chi connectivity index (χ4v) is 1.21. The normalized spacial score (nSPS) is 13.4. The molecule has 3 nitrogen and oxygen atoms in total. The zero-order valence-electron chi connectivity index (χ0n) is 6.87. The second-order valence-electron chi connectivity index (χ2n) is 2.60. The Hall–Kier alpha value is -1.51. The summed E-state index contributed by atoms with van der Waals surface area (Å²) in [6, 6.07) is 5.90. The molecule has 0 unspecified atom stereocenters. The van der Waals surface area contributed by atoms with E-state index in [1.165, 1.54) is 0 Å². The Balaban J connectivity index is 2.44. The van der Waals surface area contributed by atoms with Gasteiger partial charge in [0, 0.05) is 17.5 Å². The van der Waals surface area contributed by atoms with Gasteiger partial charge < -0.3 is 10.1 Å². The van der Waals surface area contributed by atoms with E-state index in [4.69, 9.17) is 4.74 Å². The Labute approximate surface area is 71.1 Å². The topological polar surface area (TPSA) is 33.6 Å². The molecule has 1 aromatic rings. The summed E-state index contributed by atoms with van der Waals surface area (Å²) in [4.78, 5) is 4.10. The van der Waals surface area contributed by atoms with Gasteiger partial charge in [0.2, 0.25) is 0 Å². The van der Waals surface area contributed by atoms with Crippen molar-refractivity contribution in [1.82, 2.24) is 0 Å². The van der Waals surface area contributed by atoms with Crippen LogP contribution in [0.2, 0.25) is 0 Å². The SMILES string of the molecule is COc1ccc2c(c1)C=NCN2. The quantitative estimate of drug-likeness (QED) is 0.678. The van der Waals surface area contributed by atoms with E-state index in [1.807, 2.05) is 24.4 Å². The molecule has 0 amide bonds. The second kappa shape index (κ2) is 2.85. The van der Waals surface area contributed by atoms with Crippen LogP contribution in [0.15, 0.2) is 23.2 Å². The average molecular weight is 162 g/mol. The molecule has 0 fully saturated rings. The van der Waals surface area contributed by atoms with E-state index in [0.717, 1.165) is 17.0 Å². The van der Waals surface area contributed by atoms with E-state index >= 15 is 0 Å². The lowest BCUT2D eigenvalue weighted by Crippen LogP contribution is -2.07. The van der Waals surface area contributed by atoms with E-state index in [2.05, 4.69) is 10.3 Å².